The molecular formula is C31H33ClF2N2O5. The predicted octanol–water partition coefficient (Wildman–Crippen LogP) is 5.13. The van der Waals surface area contributed by atoms with Crippen LogP contribution < -0.4 is 20.5 Å². The molecule has 0 spiro atoms. The summed E-state index contributed by atoms with van der Waals surface area (Å²) < 4.78 is 49.2. The molecule has 1 amide bonds. The summed E-state index contributed by atoms with van der Waals surface area (Å²) in [6.07, 6.45) is 2.05. The maximum Gasteiger partial charge on any atom is 0.249 e. The number of nitrogens with two attached hydrogens (primary N) is 1. The molecular weight excluding hydrogens is 554 g/mol. The standard InChI is InChI=1S/C31H33ClF2N2O5/c1-17-12-20(13-18(2)40-17)36-16-31(19-6-4-3-5-7-19)15-22-25(41-31)14-23(33)28(32)26(22)27-21(30(35)38)8-9-24(29(27)34)39-11-10-37/h3-9,14,17-18,20,36-37H,10-13,15-16H2,1-2H3,(H2,35,38). The maximum atomic E-state index is 16.0. The SMILES string of the molecule is CC1CC(NCC2(c3ccccc3)Cc3c(cc(F)c(Cl)c3-c3c(C(N)=O)ccc(OCCO)c3F)O2)CC(C)O1. The van der Waals surface area contributed by atoms with Gasteiger partial charge in [-0.2, -0.15) is 0 Å². The second-order valence-corrected chi connectivity index (χ2v) is 11.1. The average Bonchev–Trinajstić information content (AvgIpc) is 3.31. The van der Waals surface area contributed by atoms with E-state index in [-0.39, 0.29) is 71.1 Å². The van der Waals surface area contributed by atoms with Crippen molar-refractivity contribution in [2.75, 3.05) is 19.8 Å². The quantitative estimate of drug-likeness (QED) is 0.321. The van der Waals surface area contributed by atoms with Gasteiger partial charge in [-0.3, -0.25) is 4.79 Å². The summed E-state index contributed by atoms with van der Waals surface area (Å²) in [5.41, 5.74) is 5.45. The van der Waals surface area contributed by atoms with E-state index < -0.39 is 23.1 Å². The lowest BCUT2D eigenvalue weighted by atomic mass is 9.84. The molecule has 3 atom stereocenters. The van der Waals surface area contributed by atoms with E-state index in [1.54, 1.807) is 0 Å². The number of hydrogen-bond donors (Lipinski definition) is 3. The monoisotopic (exact) mass is 586 g/mol. The van der Waals surface area contributed by atoms with Gasteiger partial charge < -0.3 is 30.4 Å². The van der Waals surface area contributed by atoms with Gasteiger partial charge in [-0.1, -0.05) is 41.9 Å². The highest BCUT2D eigenvalue weighted by atomic mass is 35.5. The van der Waals surface area contributed by atoms with Crippen LogP contribution in [-0.2, 0) is 16.8 Å². The molecule has 0 aliphatic carbocycles. The van der Waals surface area contributed by atoms with Gasteiger partial charge in [0.1, 0.15) is 18.2 Å². The van der Waals surface area contributed by atoms with E-state index in [4.69, 9.17) is 31.5 Å². The summed E-state index contributed by atoms with van der Waals surface area (Å²) >= 11 is 6.53. The predicted molar refractivity (Wildman–Crippen MR) is 151 cm³/mol. The second kappa shape index (κ2) is 11.9. The first-order valence-corrected chi connectivity index (χ1v) is 14.0. The molecule has 1 saturated heterocycles. The minimum Gasteiger partial charge on any atom is -0.488 e. The molecule has 3 aromatic rings. The van der Waals surface area contributed by atoms with Crippen LogP contribution in [0.4, 0.5) is 8.78 Å². The normalized spacial score (nSPS) is 23.6. The number of nitrogens with one attached hydrogen (secondary N) is 1. The van der Waals surface area contributed by atoms with Crippen molar-refractivity contribution in [3.05, 3.63) is 81.9 Å². The Balaban J connectivity index is 1.62. The fourth-order valence-corrected chi connectivity index (χ4v) is 6.22. The number of primary amides is 1. The number of aliphatic hydroxyl groups is 1. The first-order chi connectivity index (χ1) is 19.6. The molecule has 2 aliphatic rings. The lowest BCUT2D eigenvalue weighted by Gasteiger charge is -2.36. The fraction of sp³-hybridized carbons (Fsp3) is 0.387. The first kappa shape index (κ1) is 29.3. The van der Waals surface area contributed by atoms with E-state index in [2.05, 4.69) is 5.32 Å². The van der Waals surface area contributed by atoms with Gasteiger partial charge in [-0.25, -0.2) is 8.78 Å². The number of fused-ring (bicyclic) bond motifs is 1. The summed E-state index contributed by atoms with van der Waals surface area (Å²) in [5, 5.41) is 12.4. The molecule has 3 aromatic carbocycles. The molecule has 218 valence electrons. The fourth-order valence-electron chi connectivity index (χ4n) is 5.96. The number of carbonyl (C=O) groups excluding carboxylic acids is 1. The summed E-state index contributed by atoms with van der Waals surface area (Å²) in [5.74, 6) is -2.73. The number of benzene rings is 3. The van der Waals surface area contributed by atoms with E-state index in [0.29, 0.717) is 12.1 Å². The van der Waals surface area contributed by atoms with E-state index in [1.165, 1.54) is 18.2 Å². The highest BCUT2D eigenvalue weighted by Gasteiger charge is 2.44. The Morgan fingerprint density at radius 2 is 1.85 bits per heavy atom. The molecule has 3 unspecified atom stereocenters. The van der Waals surface area contributed by atoms with Gasteiger partial charge in [-0.05, 0) is 44.4 Å². The third-order valence-corrected chi connectivity index (χ3v) is 8.07. The Morgan fingerprint density at radius 3 is 2.51 bits per heavy atom. The Hall–Kier alpha value is -3.24. The van der Waals surface area contributed by atoms with Gasteiger partial charge in [0.25, 0.3) is 0 Å². The van der Waals surface area contributed by atoms with Crippen molar-refractivity contribution in [1.29, 1.82) is 0 Å². The lowest BCUT2D eigenvalue weighted by Crippen LogP contribution is -2.49. The van der Waals surface area contributed by atoms with Crippen LogP contribution >= 0.6 is 11.6 Å². The van der Waals surface area contributed by atoms with Gasteiger partial charge in [0, 0.05) is 41.8 Å². The molecule has 0 aromatic heterocycles. The number of halogens is 3. The van der Waals surface area contributed by atoms with Crippen LogP contribution in [0.15, 0.2) is 48.5 Å². The van der Waals surface area contributed by atoms with Crippen molar-refractivity contribution in [2.24, 2.45) is 5.73 Å². The molecule has 2 aliphatic heterocycles. The average molecular weight is 587 g/mol. The van der Waals surface area contributed by atoms with Gasteiger partial charge in [0.05, 0.1) is 29.4 Å². The van der Waals surface area contributed by atoms with E-state index in [9.17, 15) is 9.90 Å². The number of hydrogen-bond acceptors (Lipinski definition) is 6. The zero-order valence-corrected chi connectivity index (χ0v) is 23.6. The zero-order valence-electron chi connectivity index (χ0n) is 22.9. The first-order valence-electron chi connectivity index (χ1n) is 13.6. The highest BCUT2D eigenvalue weighted by Crippen LogP contribution is 2.50. The Bertz CT molecular complexity index is 1430. The van der Waals surface area contributed by atoms with Crippen LogP contribution in [0.5, 0.6) is 11.5 Å². The molecule has 7 nitrogen and oxygen atoms in total. The molecule has 41 heavy (non-hydrogen) atoms. The second-order valence-electron chi connectivity index (χ2n) is 10.7. The van der Waals surface area contributed by atoms with Crippen LogP contribution in [0.25, 0.3) is 11.1 Å². The molecule has 5 rings (SSSR count). The van der Waals surface area contributed by atoms with Crippen molar-refractivity contribution < 1.29 is 32.9 Å². The summed E-state index contributed by atoms with van der Waals surface area (Å²) in [6.45, 7) is 3.92. The van der Waals surface area contributed by atoms with Crippen molar-refractivity contribution in [2.45, 2.75) is 57.0 Å². The van der Waals surface area contributed by atoms with Crippen LogP contribution in [-0.4, -0.2) is 49.0 Å². The van der Waals surface area contributed by atoms with E-state index in [0.717, 1.165) is 18.4 Å². The van der Waals surface area contributed by atoms with Gasteiger partial charge in [-0.15, -0.1) is 0 Å². The third-order valence-electron chi connectivity index (χ3n) is 7.70. The minimum absolute atomic E-state index is 0.0199. The van der Waals surface area contributed by atoms with E-state index in [1.807, 2.05) is 44.2 Å². The zero-order chi connectivity index (χ0) is 29.3. The van der Waals surface area contributed by atoms with Gasteiger partial charge >= 0.3 is 0 Å². The lowest BCUT2D eigenvalue weighted by molar-refractivity contribution is -0.0450. The molecule has 0 radical (unpaired) electrons. The van der Waals surface area contributed by atoms with Crippen LogP contribution in [0.3, 0.4) is 0 Å². The Labute approximate surface area is 242 Å². The molecule has 2 heterocycles. The maximum absolute atomic E-state index is 16.0. The molecule has 4 N–H and O–H groups in total. The van der Waals surface area contributed by atoms with Crippen molar-refractivity contribution >= 4 is 17.5 Å². The third kappa shape index (κ3) is 5.77. The Morgan fingerprint density at radius 1 is 1.15 bits per heavy atom. The van der Waals surface area contributed by atoms with Gasteiger partial charge in [0.15, 0.2) is 17.2 Å². The number of rotatable bonds is 9. The number of carbonyl (C=O) groups is 1. The topological polar surface area (TPSA) is 103 Å². The molecule has 1 fully saturated rings. The summed E-state index contributed by atoms with van der Waals surface area (Å²) in [4.78, 5) is 12.4. The molecule has 0 saturated carbocycles. The Kier molecular flexibility index (Phi) is 8.52. The van der Waals surface area contributed by atoms with E-state index >= 15 is 8.78 Å². The van der Waals surface area contributed by atoms with Crippen LogP contribution in [0.1, 0.15) is 48.2 Å². The number of ether oxygens (including phenoxy) is 3. The minimum atomic E-state index is -0.978. The summed E-state index contributed by atoms with van der Waals surface area (Å²) in [7, 11) is 0. The smallest absolute Gasteiger partial charge is 0.249 e. The largest absolute Gasteiger partial charge is 0.488 e. The summed E-state index contributed by atoms with van der Waals surface area (Å²) in [6, 6.07) is 13.4. The van der Waals surface area contributed by atoms with Crippen molar-refractivity contribution in [1.82, 2.24) is 5.32 Å². The number of amides is 1. The van der Waals surface area contributed by atoms with Crippen LogP contribution in [0, 0.1) is 11.6 Å². The van der Waals surface area contributed by atoms with Crippen molar-refractivity contribution in [3.63, 3.8) is 0 Å². The number of aliphatic hydroxyl groups excluding tert-OH is 1. The van der Waals surface area contributed by atoms with Crippen LogP contribution in [0.2, 0.25) is 5.02 Å². The van der Waals surface area contributed by atoms with Gasteiger partial charge in [0.2, 0.25) is 5.91 Å². The van der Waals surface area contributed by atoms with Crippen molar-refractivity contribution in [3.8, 4) is 22.6 Å². The molecule has 0 bridgehead atoms. The molecule has 10 heteroatoms. The highest BCUT2D eigenvalue weighted by molar-refractivity contribution is 6.34.